The highest BCUT2D eigenvalue weighted by Gasteiger charge is 2.19. The Hall–Kier alpha value is -3.19. The van der Waals surface area contributed by atoms with Gasteiger partial charge in [-0.2, -0.15) is 5.10 Å². The van der Waals surface area contributed by atoms with Gasteiger partial charge in [0.05, 0.1) is 25.6 Å². The van der Waals surface area contributed by atoms with Crippen molar-refractivity contribution in [3.8, 4) is 17.0 Å². The molecule has 0 aliphatic rings. The summed E-state index contributed by atoms with van der Waals surface area (Å²) >= 11 is 1.20. The Balaban J connectivity index is 1.73. The molecule has 6 nitrogen and oxygen atoms in total. The van der Waals surface area contributed by atoms with Crippen molar-refractivity contribution in [1.82, 2.24) is 4.98 Å². The number of esters is 1. The standard InChI is InChI=1S/C21H21N3O3S/c1-3-13-27-17-11-9-15(10-12-17)14-22-24-21-23-18(16-7-5-4-6-8-16)19(28-21)20(25)26-2/h4-12,14H,3,13H2,1-2H3,(H,23,24)/b22-14-. The van der Waals surface area contributed by atoms with Crippen molar-refractivity contribution in [2.45, 2.75) is 13.3 Å². The van der Waals surface area contributed by atoms with E-state index in [1.165, 1.54) is 18.4 Å². The normalized spacial score (nSPS) is 10.8. The minimum absolute atomic E-state index is 0.420. The molecule has 3 rings (SSSR count). The number of hydrogen-bond acceptors (Lipinski definition) is 7. The number of methoxy groups -OCH3 is 1. The molecular formula is C21H21N3O3S. The highest BCUT2D eigenvalue weighted by molar-refractivity contribution is 7.17. The molecular weight excluding hydrogens is 374 g/mol. The molecule has 0 bridgehead atoms. The number of hydrogen-bond donors (Lipinski definition) is 1. The SMILES string of the molecule is CCCOc1ccc(/C=N\Nc2nc(-c3ccccc3)c(C(=O)OC)s2)cc1. The van der Waals surface area contributed by atoms with Gasteiger partial charge in [0.2, 0.25) is 5.13 Å². The number of aromatic nitrogens is 1. The first-order chi connectivity index (χ1) is 13.7. The summed E-state index contributed by atoms with van der Waals surface area (Å²) < 4.78 is 10.4. The summed E-state index contributed by atoms with van der Waals surface area (Å²) in [7, 11) is 1.36. The molecule has 0 aliphatic carbocycles. The van der Waals surface area contributed by atoms with E-state index in [0.717, 1.165) is 23.3 Å². The van der Waals surface area contributed by atoms with Gasteiger partial charge in [0.1, 0.15) is 10.6 Å². The molecule has 0 amide bonds. The minimum Gasteiger partial charge on any atom is -0.494 e. The van der Waals surface area contributed by atoms with Gasteiger partial charge in [0, 0.05) is 5.56 Å². The summed E-state index contributed by atoms with van der Waals surface area (Å²) in [5.41, 5.74) is 5.23. The smallest absolute Gasteiger partial charge is 0.350 e. The van der Waals surface area contributed by atoms with Gasteiger partial charge < -0.3 is 9.47 Å². The fourth-order valence-electron chi connectivity index (χ4n) is 2.42. The van der Waals surface area contributed by atoms with Gasteiger partial charge in [-0.1, -0.05) is 48.6 Å². The summed E-state index contributed by atoms with van der Waals surface area (Å²) in [6.45, 7) is 2.77. The lowest BCUT2D eigenvalue weighted by Gasteiger charge is -2.03. The molecule has 28 heavy (non-hydrogen) atoms. The molecule has 0 saturated heterocycles. The Morgan fingerprint density at radius 2 is 1.93 bits per heavy atom. The number of hydrazone groups is 1. The number of thiazole rings is 1. The van der Waals surface area contributed by atoms with Crippen molar-refractivity contribution in [2.24, 2.45) is 5.10 Å². The fraction of sp³-hybridized carbons (Fsp3) is 0.190. The molecule has 0 aliphatic heterocycles. The van der Waals surface area contributed by atoms with Crippen LogP contribution in [-0.4, -0.2) is 30.9 Å². The van der Waals surface area contributed by atoms with Gasteiger partial charge >= 0.3 is 5.97 Å². The Labute approximate surface area is 167 Å². The predicted octanol–water partition coefficient (Wildman–Crippen LogP) is 4.83. The quantitative estimate of drug-likeness (QED) is 0.336. The minimum atomic E-state index is -0.420. The van der Waals surface area contributed by atoms with Crippen LogP contribution in [0.15, 0.2) is 59.7 Å². The first-order valence-corrected chi connectivity index (χ1v) is 9.69. The van der Waals surface area contributed by atoms with Crippen LogP contribution >= 0.6 is 11.3 Å². The molecule has 2 aromatic carbocycles. The molecule has 0 radical (unpaired) electrons. The number of benzene rings is 2. The third kappa shape index (κ3) is 4.95. The van der Waals surface area contributed by atoms with E-state index in [1.807, 2.05) is 54.6 Å². The van der Waals surface area contributed by atoms with Crippen molar-refractivity contribution in [2.75, 3.05) is 19.1 Å². The average Bonchev–Trinajstić information content (AvgIpc) is 3.17. The van der Waals surface area contributed by atoms with Crippen LogP contribution in [0.4, 0.5) is 5.13 Å². The van der Waals surface area contributed by atoms with Crippen LogP contribution in [0.1, 0.15) is 28.6 Å². The third-order valence-corrected chi connectivity index (χ3v) is 4.71. The number of nitrogens with zero attached hydrogens (tertiary/aromatic N) is 2. The Kier molecular flexibility index (Phi) is 6.75. The van der Waals surface area contributed by atoms with Crippen molar-refractivity contribution in [3.63, 3.8) is 0 Å². The first-order valence-electron chi connectivity index (χ1n) is 8.87. The van der Waals surface area contributed by atoms with E-state index < -0.39 is 5.97 Å². The van der Waals surface area contributed by atoms with Crippen molar-refractivity contribution < 1.29 is 14.3 Å². The Bertz CT molecular complexity index is 937. The maximum atomic E-state index is 12.1. The van der Waals surface area contributed by atoms with Gasteiger partial charge in [-0.15, -0.1) is 0 Å². The van der Waals surface area contributed by atoms with Crippen LogP contribution in [0.3, 0.4) is 0 Å². The largest absolute Gasteiger partial charge is 0.494 e. The van der Waals surface area contributed by atoms with Gasteiger partial charge in [-0.25, -0.2) is 9.78 Å². The number of carbonyl (C=O) groups excluding carboxylic acids is 1. The molecule has 0 atom stereocenters. The molecule has 0 saturated carbocycles. The molecule has 1 N–H and O–H groups in total. The number of anilines is 1. The van der Waals surface area contributed by atoms with Gasteiger partial charge in [-0.3, -0.25) is 5.43 Å². The van der Waals surface area contributed by atoms with E-state index in [9.17, 15) is 4.79 Å². The van der Waals surface area contributed by atoms with E-state index in [0.29, 0.717) is 22.3 Å². The summed E-state index contributed by atoms with van der Waals surface area (Å²) in [5.74, 6) is 0.415. The average molecular weight is 395 g/mol. The fourth-order valence-corrected chi connectivity index (χ4v) is 3.28. The Morgan fingerprint density at radius 3 is 2.61 bits per heavy atom. The number of nitrogens with one attached hydrogen (secondary N) is 1. The number of ether oxygens (including phenoxy) is 2. The zero-order valence-electron chi connectivity index (χ0n) is 15.7. The molecule has 3 aromatic rings. The van der Waals surface area contributed by atoms with Crippen LogP contribution < -0.4 is 10.2 Å². The number of carbonyl (C=O) groups is 1. The second-order valence-corrected chi connectivity index (χ2v) is 6.84. The second-order valence-electron chi connectivity index (χ2n) is 5.84. The summed E-state index contributed by atoms with van der Waals surface area (Å²) in [5, 5.41) is 4.73. The highest BCUT2D eigenvalue weighted by Crippen LogP contribution is 2.31. The van der Waals surface area contributed by atoms with Crippen LogP contribution in [0.5, 0.6) is 5.75 Å². The van der Waals surface area contributed by atoms with Crippen LogP contribution in [0.2, 0.25) is 0 Å². The van der Waals surface area contributed by atoms with E-state index in [1.54, 1.807) is 6.21 Å². The summed E-state index contributed by atoms with van der Waals surface area (Å²) in [6.07, 6.45) is 2.66. The molecule has 0 spiro atoms. The molecule has 0 fully saturated rings. The molecule has 144 valence electrons. The lowest BCUT2D eigenvalue weighted by Crippen LogP contribution is -2.00. The monoisotopic (exact) mass is 395 g/mol. The van der Waals surface area contributed by atoms with Crippen LogP contribution in [0, 0.1) is 0 Å². The second kappa shape index (κ2) is 9.66. The molecule has 0 unspecified atom stereocenters. The lowest BCUT2D eigenvalue weighted by atomic mass is 10.1. The summed E-state index contributed by atoms with van der Waals surface area (Å²) in [6, 6.07) is 17.2. The molecule has 7 heteroatoms. The maximum Gasteiger partial charge on any atom is 0.350 e. The van der Waals surface area contributed by atoms with Crippen LogP contribution in [-0.2, 0) is 4.74 Å². The van der Waals surface area contributed by atoms with Crippen molar-refractivity contribution in [1.29, 1.82) is 0 Å². The maximum absolute atomic E-state index is 12.1. The van der Waals surface area contributed by atoms with E-state index in [4.69, 9.17) is 9.47 Å². The zero-order valence-corrected chi connectivity index (χ0v) is 16.5. The van der Waals surface area contributed by atoms with Crippen molar-refractivity contribution in [3.05, 3.63) is 65.0 Å². The van der Waals surface area contributed by atoms with E-state index in [-0.39, 0.29) is 0 Å². The van der Waals surface area contributed by atoms with Gasteiger partial charge in [-0.05, 0) is 36.2 Å². The zero-order chi connectivity index (χ0) is 19.8. The van der Waals surface area contributed by atoms with E-state index >= 15 is 0 Å². The van der Waals surface area contributed by atoms with Gasteiger partial charge in [0.15, 0.2) is 0 Å². The molecule has 1 aromatic heterocycles. The lowest BCUT2D eigenvalue weighted by molar-refractivity contribution is 0.0607. The summed E-state index contributed by atoms with van der Waals surface area (Å²) in [4.78, 5) is 17.0. The van der Waals surface area contributed by atoms with Crippen LogP contribution in [0.25, 0.3) is 11.3 Å². The van der Waals surface area contributed by atoms with E-state index in [2.05, 4.69) is 22.4 Å². The number of rotatable bonds is 8. The molecule has 1 heterocycles. The highest BCUT2D eigenvalue weighted by atomic mass is 32.1. The predicted molar refractivity (Wildman–Crippen MR) is 112 cm³/mol. The first kappa shape index (κ1) is 19.6. The van der Waals surface area contributed by atoms with Crippen molar-refractivity contribution >= 4 is 28.7 Å². The third-order valence-electron chi connectivity index (χ3n) is 3.77. The topological polar surface area (TPSA) is 72.8 Å². The van der Waals surface area contributed by atoms with Gasteiger partial charge in [0.25, 0.3) is 0 Å². The Morgan fingerprint density at radius 1 is 1.18 bits per heavy atom.